The molecule has 60 heavy (non-hydrogen) atoms. The molecule has 0 amide bonds. The average molecular weight is 765 g/mol. The lowest BCUT2D eigenvalue weighted by molar-refractivity contribution is 0.669. The van der Waals surface area contributed by atoms with Gasteiger partial charge in [-0.3, -0.25) is 0 Å². The molecule has 0 aliphatic carbocycles. The summed E-state index contributed by atoms with van der Waals surface area (Å²) in [5, 5.41) is 13.7. The fourth-order valence-corrected chi connectivity index (χ4v) is 9.41. The predicted molar refractivity (Wildman–Crippen MR) is 248 cm³/mol. The van der Waals surface area contributed by atoms with E-state index in [1.807, 2.05) is 30.3 Å². The maximum absolute atomic E-state index is 6.66. The maximum Gasteiger partial charge on any atom is 0.166 e. The summed E-state index contributed by atoms with van der Waals surface area (Å²) in [5.74, 6) is 1.80. The summed E-state index contributed by atoms with van der Waals surface area (Å²) in [4.78, 5) is 16.1. The number of aromatic nitrogens is 4. The Morgan fingerprint density at radius 2 is 0.850 bits per heavy atom. The van der Waals surface area contributed by atoms with E-state index in [-0.39, 0.29) is 0 Å². The Kier molecular flexibility index (Phi) is 6.95. The molecule has 278 valence electrons. The highest BCUT2D eigenvalue weighted by molar-refractivity contribution is 6.20. The minimum atomic E-state index is 0.579. The summed E-state index contributed by atoms with van der Waals surface area (Å²) in [5.41, 5.74) is 7.51. The largest absolute Gasteiger partial charge is 0.456 e. The Balaban J connectivity index is 1.20. The highest BCUT2D eigenvalue weighted by Crippen LogP contribution is 2.45. The van der Waals surface area contributed by atoms with Gasteiger partial charge in [-0.2, -0.15) is 0 Å². The van der Waals surface area contributed by atoms with Crippen LogP contribution in [0.25, 0.3) is 127 Å². The Labute approximate surface area is 343 Å². The highest BCUT2D eigenvalue weighted by Gasteiger charge is 2.25. The van der Waals surface area contributed by atoms with Crippen molar-refractivity contribution in [2.45, 2.75) is 0 Å². The summed E-state index contributed by atoms with van der Waals surface area (Å²) < 4.78 is 9.09. The van der Waals surface area contributed by atoms with E-state index in [2.05, 4.69) is 168 Å². The molecular formula is C55H32N4O. The van der Waals surface area contributed by atoms with Gasteiger partial charge in [0, 0.05) is 32.8 Å². The van der Waals surface area contributed by atoms with Gasteiger partial charge < -0.3 is 8.98 Å². The molecule has 0 fully saturated rings. The molecule has 10 aromatic carbocycles. The molecule has 0 unspecified atom stereocenters. The van der Waals surface area contributed by atoms with Crippen LogP contribution in [-0.4, -0.2) is 19.5 Å². The molecule has 5 nitrogen and oxygen atoms in total. The lowest BCUT2D eigenvalue weighted by Gasteiger charge is -2.17. The molecule has 0 saturated carbocycles. The summed E-state index contributed by atoms with van der Waals surface area (Å²) in [6.45, 7) is 0. The molecule has 0 N–H and O–H groups in total. The van der Waals surface area contributed by atoms with Crippen molar-refractivity contribution >= 4 is 86.8 Å². The second kappa shape index (κ2) is 12.7. The van der Waals surface area contributed by atoms with E-state index in [1.54, 1.807) is 0 Å². The first-order valence-electron chi connectivity index (χ1n) is 20.3. The second-order valence-corrected chi connectivity index (χ2v) is 15.6. The van der Waals surface area contributed by atoms with Crippen molar-refractivity contribution < 1.29 is 4.42 Å². The van der Waals surface area contributed by atoms with Gasteiger partial charge in [-0.1, -0.05) is 146 Å². The van der Waals surface area contributed by atoms with Gasteiger partial charge in [0.2, 0.25) is 0 Å². The second-order valence-electron chi connectivity index (χ2n) is 15.6. The molecule has 5 heteroatoms. The topological polar surface area (TPSA) is 56.7 Å². The molecule has 0 spiro atoms. The fourth-order valence-electron chi connectivity index (χ4n) is 9.41. The van der Waals surface area contributed by atoms with Gasteiger partial charge in [-0.15, -0.1) is 0 Å². The summed E-state index contributed by atoms with van der Waals surface area (Å²) in [6, 6.07) is 68.6. The van der Waals surface area contributed by atoms with Gasteiger partial charge in [-0.25, -0.2) is 15.0 Å². The van der Waals surface area contributed by atoms with E-state index in [0.29, 0.717) is 17.5 Å². The number of hydrogen-bond acceptors (Lipinski definition) is 4. The summed E-state index contributed by atoms with van der Waals surface area (Å²) >= 11 is 0. The van der Waals surface area contributed by atoms with E-state index in [0.717, 1.165) is 71.5 Å². The third-order valence-electron chi connectivity index (χ3n) is 12.2. The molecule has 13 rings (SSSR count). The van der Waals surface area contributed by atoms with Crippen molar-refractivity contribution in [1.82, 2.24) is 19.5 Å². The van der Waals surface area contributed by atoms with Crippen LogP contribution in [0.4, 0.5) is 0 Å². The third-order valence-corrected chi connectivity index (χ3v) is 12.2. The van der Waals surface area contributed by atoms with E-state index in [1.165, 1.54) is 37.7 Å². The number of fused-ring (bicyclic) bond motifs is 11. The van der Waals surface area contributed by atoms with Gasteiger partial charge in [-0.05, 0) is 91.6 Å². The Morgan fingerprint density at radius 3 is 1.53 bits per heavy atom. The number of benzene rings is 10. The molecule has 0 radical (unpaired) electrons. The van der Waals surface area contributed by atoms with Crippen molar-refractivity contribution in [3.63, 3.8) is 0 Å². The molecule has 3 aromatic heterocycles. The van der Waals surface area contributed by atoms with Crippen molar-refractivity contribution in [1.29, 1.82) is 0 Å². The van der Waals surface area contributed by atoms with E-state index >= 15 is 0 Å². The average Bonchev–Trinajstić information content (AvgIpc) is 3.84. The van der Waals surface area contributed by atoms with Crippen molar-refractivity contribution in [2.24, 2.45) is 0 Å². The van der Waals surface area contributed by atoms with Crippen LogP contribution < -0.4 is 0 Å². The molecule has 0 aliphatic heterocycles. The van der Waals surface area contributed by atoms with Gasteiger partial charge in [0.25, 0.3) is 0 Å². The SMILES string of the molecule is c1ccc(-c2nc(-c3ccc4oc5ccccc5c4c3-n3c4cc5ccccc5cc4c4cc5ccccc5cc43)nc(-c3cc4ccccc4c4ccccc34)n2)cc1. The van der Waals surface area contributed by atoms with Gasteiger partial charge >= 0.3 is 0 Å². The normalized spacial score (nSPS) is 12.0. The first kappa shape index (κ1) is 32.9. The van der Waals surface area contributed by atoms with Crippen LogP contribution in [0.3, 0.4) is 0 Å². The van der Waals surface area contributed by atoms with Crippen molar-refractivity contribution in [3.05, 3.63) is 194 Å². The maximum atomic E-state index is 6.66. The summed E-state index contributed by atoms with van der Waals surface area (Å²) in [6.07, 6.45) is 0. The molecule has 0 bridgehead atoms. The number of para-hydroxylation sites is 1. The zero-order chi connectivity index (χ0) is 39.3. The monoisotopic (exact) mass is 764 g/mol. The molecule has 0 saturated heterocycles. The zero-order valence-electron chi connectivity index (χ0n) is 32.2. The van der Waals surface area contributed by atoms with E-state index in [9.17, 15) is 0 Å². The number of furan rings is 1. The van der Waals surface area contributed by atoms with Gasteiger partial charge in [0.15, 0.2) is 17.5 Å². The van der Waals surface area contributed by atoms with Crippen LogP contribution in [-0.2, 0) is 0 Å². The lowest BCUT2D eigenvalue weighted by Crippen LogP contribution is -2.04. The highest BCUT2D eigenvalue weighted by atomic mass is 16.3. The predicted octanol–water partition coefficient (Wildman–Crippen LogP) is 14.5. The summed E-state index contributed by atoms with van der Waals surface area (Å²) in [7, 11) is 0. The van der Waals surface area contributed by atoms with Crippen LogP contribution >= 0.6 is 0 Å². The van der Waals surface area contributed by atoms with Crippen LogP contribution in [0.2, 0.25) is 0 Å². The smallest absolute Gasteiger partial charge is 0.166 e. The van der Waals surface area contributed by atoms with E-state index < -0.39 is 0 Å². The van der Waals surface area contributed by atoms with Crippen molar-refractivity contribution in [2.75, 3.05) is 0 Å². The molecular weight excluding hydrogens is 733 g/mol. The minimum Gasteiger partial charge on any atom is -0.456 e. The Hall–Kier alpha value is -8.15. The number of rotatable bonds is 4. The quantitative estimate of drug-likeness (QED) is 0.167. The standard InChI is InChI=1S/C55H32N4O/c1-2-14-33(15-3-1)53-56-54(58-55(57-53)46-30-38-20-8-9-21-39(38)40-22-10-11-23-41(40)46)43-26-27-50-51(42-24-12-13-25-49(42)60-50)52(43)59-47-31-36-18-6-4-16-34(36)28-44(47)45-29-35-17-5-7-19-37(35)32-48(45)59/h1-32H. The van der Waals surface area contributed by atoms with Crippen LogP contribution in [0.1, 0.15) is 0 Å². The van der Waals surface area contributed by atoms with Crippen LogP contribution in [0.5, 0.6) is 0 Å². The van der Waals surface area contributed by atoms with Gasteiger partial charge in [0.05, 0.1) is 22.1 Å². The molecule has 13 aromatic rings. The first-order chi connectivity index (χ1) is 29.7. The van der Waals surface area contributed by atoms with Crippen LogP contribution in [0.15, 0.2) is 199 Å². The Bertz CT molecular complexity index is 3810. The molecule has 3 heterocycles. The number of nitrogens with zero attached hydrogens (tertiary/aromatic N) is 4. The van der Waals surface area contributed by atoms with Crippen LogP contribution in [0, 0.1) is 0 Å². The molecule has 0 aliphatic rings. The fraction of sp³-hybridized carbons (Fsp3) is 0. The Morgan fingerprint density at radius 1 is 0.333 bits per heavy atom. The lowest BCUT2D eigenvalue weighted by atomic mass is 9.96. The van der Waals surface area contributed by atoms with Gasteiger partial charge in [0.1, 0.15) is 11.2 Å². The van der Waals surface area contributed by atoms with Crippen molar-refractivity contribution in [3.8, 4) is 39.9 Å². The zero-order valence-corrected chi connectivity index (χ0v) is 32.2. The van der Waals surface area contributed by atoms with E-state index in [4.69, 9.17) is 19.4 Å². The molecule has 0 atom stereocenters. The number of hydrogen-bond donors (Lipinski definition) is 0. The third kappa shape index (κ3) is 4.90. The first-order valence-corrected chi connectivity index (χ1v) is 20.3. The minimum absolute atomic E-state index is 0.579.